The summed E-state index contributed by atoms with van der Waals surface area (Å²) in [6, 6.07) is 23.6. The van der Waals surface area contributed by atoms with E-state index in [1.807, 2.05) is 97.1 Å². The Bertz CT molecular complexity index is 2300. The molecular weight excluding hydrogens is 705 g/mol. The van der Waals surface area contributed by atoms with Crippen molar-refractivity contribution in [1.29, 1.82) is 0 Å². The normalized spacial score (nSPS) is 16.0. The van der Waals surface area contributed by atoms with Crippen LogP contribution in [0.15, 0.2) is 163 Å². The van der Waals surface area contributed by atoms with Crippen LogP contribution >= 0.6 is 0 Å². The van der Waals surface area contributed by atoms with E-state index in [4.69, 9.17) is 4.74 Å². The number of benzene rings is 4. The average molecular weight is 759 g/mol. The van der Waals surface area contributed by atoms with Gasteiger partial charge in [-0.25, -0.2) is 0 Å². The van der Waals surface area contributed by atoms with Crippen LogP contribution in [0.2, 0.25) is 0 Å². The molecule has 57 heavy (non-hydrogen) atoms. The summed E-state index contributed by atoms with van der Waals surface area (Å²) < 4.78 is 6.65. The highest BCUT2D eigenvalue weighted by Gasteiger charge is 2.35. The molecule has 0 aromatic heterocycles. The summed E-state index contributed by atoms with van der Waals surface area (Å²) in [4.78, 5) is 26.8. The number of azo groups is 2. The summed E-state index contributed by atoms with van der Waals surface area (Å²) in [5.41, 5.74) is 4.92. The summed E-state index contributed by atoms with van der Waals surface area (Å²) in [6.07, 6.45) is 11.2. The molecule has 7 nitrogen and oxygen atoms in total. The molecule has 0 radical (unpaired) electrons. The maximum atomic E-state index is 13.4. The molecule has 0 spiro atoms. The number of ketones is 2. The predicted molar refractivity (Wildman–Crippen MR) is 233 cm³/mol. The van der Waals surface area contributed by atoms with Crippen LogP contribution in [0.1, 0.15) is 83.1 Å². The minimum absolute atomic E-state index is 0.0872. The third kappa shape index (κ3) is 8.93. The quantitative estimate of drug-likeness (QED) is 0.183. The summed E-state index contributed by atoms with van der Waals surface area (Å²) in [5.74, 6) is 1.54. The predicted octanol–water partition coefficient (Wildman–Crippen LogP) is 14.8. The van der Waals surface area contributed by atoms with Crippen molar-refractivity contribution in [2.45, 2.75) is 83.1 Å². The van der Waals surface area contributed by atoms with Gasteiger partial charge in [-0.15, -0.1) is 0 Å². The topological polar surface area (TPSA) is 92.8 Å². The van der Waals surface area contributed by atoms with Crippen LogP contribution in [0.3, 0.4) is 0 Å². The van der Waals surface area contributed by atoms with Crippen molar-refractivity contribution < 1.29 is 14.3 Å². The highest BCUT2D eigenvalue weighted by atomic mass is 16.5. The van der Waals surface area contributed by atoms with E-state index in [-0.39, 0.29) is 33.2 Å². The number of carbonyl (C=O) groups excluding carboxylic acids is 2. The summed E-state index contributed by atoms with van der Waals surface area (Å²) >= 11 is 0. The molecule has 4 aromatic carbocycles. The minimum atomic E-state index is -0.307. The zero-order valence-corrected chi connectivity index (χ0v) is 35.4. The molecule has 0 heterocycles. The summed E-state index contributed by atoms with van der Waals surface area (Å²) in [7, 11) is 0. The van der Waals surface area contributed by atoms with Gasteiger partial charge in [0.25, 0.3) is 0 Å². The van der Waals surface area contributed by atoms with Gasteiger partial charge in [0, 0.05) is 43.8 Å². The van der Waals surface area contributed by atoms with Crippen molar-refractivity contribution in [2.75, 3.05) is 0 Å². The van der Waals surface area contributed by atoms with E-state index < -0.39 is 0 Å². The van der Waals surface area contributed by atoms with Gasteiger partial charge >= 0.3 is 0 Å². The van der Waals surface area contributed by atoms with E-state index in [2.05, 4.69) is 104 Å². The minimum Gasteiger partial charge on any atom is -0.456 e. The van der Waals surface area contributed by atoms with Gasteiger partial charge in [-0.2, -0.15) is 20.5 Å². The van der Waals surface area contributed by atoms with Gasteiger partial charge < -0.3 is 4.74 Å². The maximum Gasteiger partial charge on any atom is 0.186 e. The molecule has 0 amide bonds. The zero-order chi connectivity index (χ0) is 41.5. The lowest BCUT2D eigenvalue weighted by molar-refractivity contribution is -0.114. The van der Waals surface area contributed by atoms with E-state index in [0.717, 1.165) is 55.0 Å². The SMILES string of the molecule is CC(C)(C)C1=CC(=CN=Nc2ccc(Oc3ccc(N=NC=C4C=C(C(C)(C)C)C(=O)C(C(C)(C)C)=C4)c4ccccc34)c3ccccc23)C=C(C(C)(C)C)C1=O. The molecule has 6 rings (SSSR count). The van der Waals surface area contributed by atoms with Gasteiger partial charge in [0.15, 0.2) is 11.6 Å². The van der Waals surface area contributed by atoms with Crippen LogP contribution in [0, 0.1) is 21.7 Å². The lowest BCUT2D eigenvalue weighted by Crippen LogP contribution is -2.27. The molecule has 0 atom stereocenters. The second-order valence-electron chi connectivity index (χ2n) is 18.9. The molecule has 2 aliphatic rings. The first-order valence-electron chi connectivity index (χ1n) is 19.5. The van der Waals surface area contributed by atoms with E-state index in [0.29, 0.717) is 22.9 Å². The van der Waals surface area contributed by atoms with Crippen molar-refractivity contribution in [2.24, 2.45) is 42.1 Å². The molecule has 4 aromatic rings. The molecule has 0 unspecified atom stereocenters. The Balaban J connectivity index is 1.30. The lowest BCUT2D eigenvalue weighted by Gasteiger charge is -2.31. The third-order valence-corrected chi connectivity index (χ3v) is 10.1. The highest BCUT2D eigenvalue weighted by Crippen LogP contribution is 2.42. The monoisotopic (exact) mass is 758 g/mol. The second-order valence-corrected chi connectivity index (χ2v) is 18.9. The number of ether oxygens (including phenoxy) is 1. The fourth-order valence-corrected chi connectivity index (χ4v) is 6.98. The van der Waals surface area contributed by atoms with E-state index in [1.54, 1.807) is 12.4 Å². The van der Waals surface area contributed by atoms with E-state index in [9.17, 15) is 9.59 Å². The Morgan fingerprint density at radius 2 is 0.719 bits per heavy atom. The van der Waals surface area contributed by atoms with Gasteiger partial charge in [0.05, 0.1) is 23.8 Å². The molecule has 2 aliphatic carbocycles. The Labute approximate surface area is 337 Å². The molecule has 292 valence electrons. The lowest BCUT2D eigenvalue weighted by atomic mass is 9.72. The Hall–Kier alpha value is -5.82. The van der Waals surface area contributed by atoms with Crippen LogP contribution in [-0.4, -0.2) is 11.6 Å². The number of hydrogen-bond donors (Lipinski definition) is 0. The van der Waals surface area contributed by atoms with Crippen molar-refractivity contribution in [3.8, 4) is 11.5 Å². The van der Waals surface area contributed by atoms with Crippen LogP contribution in [0.4, 0.5) is 11.4 Å². The van der Waals surface area contributed by atoms with Gasteiger partial charge in [-0.1, -0.05) is 132 Å². The van der Waals surface area contributed by atoms with Crippen molar-refractivity contribution in [3.63, 3.8) is 0 Å². The largest absolute Gasteiger partial charge is 0.456 e. The molecule has 0 saturated heterocycles. The fraction of sp³-hybridized carbons (Fsp3) is 0.320. The first-order chi connectivity index (χ1) is 26.6. The Morgan fingerprint density at radius 1 is 0.421 bits per heavy atom. The second kappa shape index (κ2) is 15.3. The number of allylic oxidation sites excluding steroid dienone is 10. The first-order valence-corrected chi connectivity index (χ1v) is 19.5. The average Bonchev–Trinajstić information content (AvgIpc) is 3.12. The highest BCUT2D eigenvalue weighted by molar-refractivity contribution is 6.12. The number of rotatable bonds is 6. The van der Waals surface area contributed by atoms with Gasteiger partial charge in [-0.05, 0) is 81.4 Å². The third-order valence-electron chi connectivity index (χ3n) is 10.1. The number of hydrogen-bond acceptors (Lipinski definition) is 7. The van der Waals surface area contributed by atoms with E-state index >= 15 is 0 Å². The van der Waals surface area contributed by atoms with Crippen LogP contribution in [0.25, 0.3) is 21.5 Å². The molecule has 0 saturated carbocycles. The van der Waals surface area contributed by atoms with E-state index in [1.165, 1.54) is 0 Å². The number of Topliss-reactive ketones (excluding diaryl/α,β-unsaturated/α-hetero) is 2. The summed E-state index contributed by atoms with van der Waals surface area (Å²) in [6.45, 7) is 24.7. The summed E-state index contributed by atoms with van der Waals surface area (Å²) in [5, 5.41) is 21.8. The van der Waals surface area contributed by atoms with Crippen LogP contribution in [-0.2, 0) is 9.59 Å². The number of nitrogens with zero attached hydrogens (tertiary/aromatic N) is 4. The van der Waals surface area contributed by atoms with Crippen molar-refractivity contribution >= 4 is 44.5 Å². The molecular formula is C50H54N4O3. The Morgan fingerprint density at radius 3 is 1.02 bits per heavy atom. The van der Waals surface area contributed by atoms with Crippen molar-refractivity contribution in [3.05, 3.63) is 143 Å². The van der Waals surface area contributed by atoms with Crippen LogP contribution < -0.4 is 4.74 Å². The Kier molecular flexibility index (Phi) is 10.9. The van der Waals surface area contributed by atoms with Crippen LogP contribution in [0.5, 0.6) is 11.5 Å². The van der Waals surface area contributed by atoms with Crippen molar-refractivity contribution in [1.82, 2.24) is 0 Å². The fourth-order valence-electron chi connectivity index (χ4n) is 6.98. The maximum absolute atomic E-state index is 13.4. The standard InChI is InChI=1S/C50H54N4O3/c1-47(2,3)37-25-31(26-38(45(37)55)48(4,5)6)29-51-53-41-21-23-43(35-19-15-13-17-33(35)41)57-44-24-22-42(34-18-14-16-20-36(34)44)54-52-30-32-27-39(49(7,8)9)46(56)40(28-32)50(10,11)12/h13-30H,1-12H3. The smallest absolute Gasteiger partial charge is 0.186 e. The van der Waals surface area contributed by atoms with Gasteiger partial charge in [0.1, 0.15) is 11.5 Å². The molecule has 0 aliphatic heterocycles. The molecule has 7 heteroatoms. The number of carbonyl (C=O) groups is 2. The van der Waals surface area contributed by atoms with Gasteiger partial charge in [-0.3, -0.25) is 9.59 Å². The zero-order valence-electron chi connectivity index (χ0n) is 35.4. The molecule has 0 fully saturated rings. The number of fused-ring (bicyclic) bond motifs is 2. The molecule has 0 bridgehead atoms. The molecule has 0 N–H and O–H groups in total. The first kappa shape index (κ1) is 40.8. The van der Waals surface area contributed by atoms with Gasteiger partial charge in [0.2, 0.25) is 0 Å².